The van der Waals surface area contributed by atoms with E-state index in [4.69, 9.17) is 23.4 Å². The van der Waals surface area contributed by atoms with Crippen molar-refractivity contribution in [1.29, 1.82) is 0 Å². The SMILES string of the molecule is COc1ccc(CO[C@H](/C=C\[C@@H](C)[C@@H](C)O[Si](C)(C)C(C)(C)C)[C@H]2OC(C)(C)O[C@H]2CC=O)cc1. The number of aldehydes is 1. The zero-order valence-corrected chi connectivity index (χ0v) is 24.3. The van der Waals surface area contributed by atoms with E-state index in [0.29, 0.717) is 6.61 Å². The molecule has 35 heavy (non-hydrogen) atoms. The number of carbonyl (C=O) groups excluding carboxylic acids is 1. The quantitative estimate of drug-likeness (QED) is 0.189. The van der Waals surface area contributed by atoms with Crippen LogP contribution >= 0.6 is 0 Å². The molecule has 1 heterocycles. The fraction of sp³-hybridized carbons (Fsp3) is 0.679. The summed E-state index contributed by atoms with van der Waals surface area (Å²) in [6.07, 6.45) is 4.24. The van der Waals surface area contributed by atoms with E-state index in [1.165, 1.54) is 0 Å². The Morgan fingerprint density at radius 1 is 1.09 bits per heavy atom. The number of methoxy groups -OCH3 is 1. The van der Waals surface area contributed by atoms with E-state index >= 15 is 0 Å². The minimum atomic E-state index is -1.88. The standard InChI is InChI=1S/C28H46O6Si/c1-20(21(2)34-35(9,10)27(3,4)5)11-16-24(26-25(17-18-29)32-28(6,7)33-26)31-19-22-12-14-23(30-8)15-13-22/h11-16,18,20-21,24-26H,17,19H2,1-10H3/b16-11-/t20-,21-,24-,25+,26-/m1/s1. The van der Waals surface area contributed by atoms with Gasteiger partial charge in [0.15, 0.2) is 14.1 Å². The van der Waals surface area contributed by atoms with Gasteiger partial charge in [-0.15, -0.1) is 0 Å². The minimum absolute atomic E-state index is 0.0670. The molecule has 1 aromatic rings. The summed E-state index contributed by atoms with van der Waals surface area (Å²) >= 11 is 0. The Bertz CT molecular complexity index is 827. The Kier molecular flexibility index (Phi) is 10.3. The van der Waals surface area contributed by atoms with Gasteiger partial charge in [0.1, 0.15) is 24.2 Å². The lowest BCUT2D eigenvalue weighted by molar-refractivity contribution is -0.156. The Morgan fingerprint density at radius 2 is 1.71 bits per heavy atom. The Labute approximate surface area is 213 Å². The van der Waals surface area contributed by atoms with Crippen LogP contribution in [0.3, 0.4) is 0 Å². The number of carbonyl (C=O) groups is 1. The number of benzene rings is 1. The van der Waals surface area contributed by atoms with Crippen LogP contribution in [0.2, 0.25) is 18.1 Å². The fourth-order valence-corrected chi connectivity index (χ4v) is 5.28. The second-order valence-corrected chi connectivity index (χ2v) is 16.2. The maximum Gasteiger partial charge on any atom is 0.192 e. The predicted molar refractivity (Wildman–Crippen MR) is 142 cm³/mol. The van der Waals surface area contributed by atoms with Gasteiger partial charge in [-0.1, -0.05) is 52.0 Å². The highest BCUT2D eigenvalue weighted by Gasteiger charge is 2.45. The molecule has 0 amide bonds. The molecule has 1 saturated heterocycles. The molecule has 6 nitrogen and oxygen atoms in total. The molecule has 0 radical (unpaired) electrons. The van der Waals surface area contributed by atoms with Crippen LogP contribution in [-0.2, 0) is 30.0 Å². The topological polar surface area (TPSA) is 63.2 Å². The molecular formula is C28H46O6Si. The molecule has 0 spiro atoms. The molecule has 0 N–H and O–H groups in total. The molecule has 0 saturated carbocycles. The van der Waals surface area contributed by atoms with E-state index in [-0.39, 0.29) is 35.7 Å². The summed E-state index contributed by atoms with van der Waals surface area (Å²) in [5, 5.41) is 0.150. The monoisotopic (exact) mass is 506 g/mol. The molecule has 2 rings (SSSR count). The molecular weight excluding hydrogens is 460 g/mol. The first kappa shape index (κ1) is 29.7. The third-order valence-corrected chi connectivity index (χ3v) is 11.7. The lowest BCUT2D eigenvalue weighted by Crippen LogP contribution is -2.44. The van der Waals surface area contributed by atoms with Gasteiger partial charge in [0.2, 0.25) is 0 Å². The summed E-state index contributed by atoms with van der Waals surface area (Å²) in [7, 11) is -0.231. The van der Waals surface area contributed by atoms with Gasteiger partial charge in [0, 0.05) is 12.5 Å². The molecule has 5 atom stereocenters. The average Bonchev–Trinajstić information content (AvgIpc) is 3.07. The van der Waals surface area contributed by atoms with Gasteiger partial charge in [-0.05, 0) is 62.5 Å². The van der Waals surface area contributed by atoms with Crippen molar-refractivity contribution in [1.82, 2.24) is 0 Å². The lowest BCUT2D eigenvalue weighted by atomic mass is 10.0. The van der Waals surface area contributed by atoms with Crippen LogP contribution in [0.15, 0.2) is 36.4 Å². The molecule has 1 fully saturated rings. The molecule has 7 heteroatoms. The molecule has 198 valence electrons. The Balaban J connectivity index is 2.20. The number of rotatable bonds is 12. The molecule has 0 bridgehead atoms. The summed E-state index contributed by atoms with van der Waals surface area (Å²) in [5.74, 6) is 0.198. The number of hydrogen-bond acceptors (Lipinski definition) is 6. The van der Waals surface area contributed by atoms with Crippen molar-refractivity contribution in [3.63, 3.8) is 0 Å². The van der Waals surface area contributed by atoms with Crippen LogP contribution in [0, 0.1) is 5.92 Å². The normalized spacial score (nSPS) is 23.3. The van der Waals surface area contributed by atoms with E-state index < -0.39 is 20.2 Å². The summed E-state index contributed by atoms with van der Waals surface area (Å²) in [6, 6.07) is 7.80. The molecule has 1 aliphatic rings. The van der Waals surface area contributed by atoms with Gasteiger partial charge < -0.3 is 28.2 Å². The zero-order valence-electron chi connectivity index (χ0n) is 23.3. The summed E-state index contributed by atoms with van der Waals surface area (Å²) in [4.78, 5) is 11.3. The van der Waals surface area contributed by atoms with Crippen LogP contribution in [0.5, 0.6) is 5.75 Å². The highest BCUT2D eigenvalue weighted by Crippen LogP contribution is 2.38. The van der Waals surface area contributed by atoms with Crippen LogP contribution < -0.4 is 4.74 Å². The van der Waals surface area contributed by atoms with Gasteiger partial charge in [0.05, 0.1) is 19.8 Å². The fourth-order valence-electron chi connectivity index (χ4n) is 3.78. The van der Waals surface area contributed by atoms with Gasteiger partial charge in [-0.3, -0.25) is 0 Å². The third-order valence-electron chi connectivity index (χ3n) is 7.11. The van der Waals surface area contributed by atoms with Crippen molar-refractivity contribution in [2.45, 2.75) is 110 Å². The van der Waals surface area contributed by atoms with E-state index in [9.17, 15) is 4.79 Å². The molecule has 0 aliphatic carbocycles. The van der Waals surface area contributed by atoms with Gasteiger partial charge >= 0.3 is 0 Å². The smallest absolute Gasteiger partial charge is 0.192 e. The summed E-state index contributed by atoms with van der Waals surface area (Å²) in [5.41, 5.74) is 1.02. The highest BCUT2D eigenvalue weighted by atomic mass is 28.4. The van der Waals surface area contributed by atoms with E-state index in [1.807, 2.05) is 44.2 Å². The maximum atomic E-state index is 11.3. The molecule has 1 aromatic carbocycles. The van der Waals surface area contributed by atoms with Crippen molar-refractivity contribution in [2.24, 2.45) is 5.92 Å². The number of ether oxygens (including phenoxy) is 4. The first-order chi connectivity index (χ1) is 16.2. The average molecular weight is 507 g/mol. The zero-order chi connectivity index (χ0) is 26.4. The molecule has 0 aromatic heterocycles. The first-order valence-electron chi connectivity index (χ1n) is 12.6. The van der Waals surface area contributed by atoms with Crippen molar-refractivity contribution < 1.29 is 28.2 Å². The van der Waals surface area contributed by atoms with Crippen LogP contribution in [0.4, 0.5) is 0 Å². The van der Waals surface area contributed by atoms with Crippen molar-refractivity contribution in [3.8, 4) is 5.75 Å². The maximum absolute atomic E-state index is 11.3. The van der Waals surface area contributed by atoms with Crippen molar-refractivity contribution in [3.05, 3.63) is 42.0 Å². The third kappa shape index (κ3) is 8.53. The predicted octanol–water partition coefficient (Wildman–Crippen LogP) is 6.29. The van der Waals surface area contributed by atoms with E-state index in [1.54, 1.807) is 7.11 Å². The van der Waals surface area contributed by atoms with Crippen LogP contribution in [0.25, 0.3) is 0 Å². The molecule has 1 aliphatic heterocycles. The Hall–Kier alpha value is -1.51. The first-order valence-corrected chi connectivity index (χ1v) is 15.5. The second kappa shape index (κ2) is 12.1. The van der Waals surface area contributed by atoms with Gasteiger partial charge in [0.25, 0.3) is 0 Å². The van der Waals surface area contributed by atoms with E-state index in [0.717, 1.165) is 17.6 Å². The summed E-state index contributed by atoms with van der Waals surface area (Å²) in [6.45, 7) is 19.7. The summed E-state index contributed by atoms with van der Waals surface area (Å²) < 4.78 is 30.4. The number of hydrogen-bond donors (Lipinski definition) is 0. The van der Waals surface area contributed by atoms with Crippen molar-refractivity contribution in [2.75, 3.05) is 7.11 Å². The largest absolute Gasteiger partial charge is 0.497 e. The Morgan fingerprint density at radius 3 is 2.26 bits per heavy atom. The van der Waals surface area contributed by atoms with Gasteiger partial charge in [-0.25, -0.2) is 0 Å². The lowest BCUT2D eigenvalue weighted by Gasteiger charge is -2.39. The van der Waals surface area contributed by atoms with E-state index in [2.05, 4.69) is 53.8 Å². The van der Waals surface area contributed by atoms with Crippen LogP contribution in [0.1, 0.15) is 60.5 Å². The minimum Gasteiger partial charge on any atom is -0.497 e. The highest BCUT2D eigenvalue weighted by molar-refractivity contribution is 6.74. The van der Waals surface area contributed by atoms with Crippen LogP contribution in [-0.4, -0.2) is 51.9 Å². The second-order valence-electron chi connectivity index (χ2n) is 11.5. The van der Waals surface area contributed by atoms with Gasteiger partial charge in [-0.2, -0.15) is 0 Å². The molecule has 0 unspecified atom stereocenters. The van der Waals surface area contributed by atoms with Crippen molar-refractivity contribution >= 4 is 14.6 Å².